The molecule has 0 unspecified atom stereocenters. The number of carbonyl (C=O) groups excluding carboxylic acids is 1. The van der Waals surface area contributed by atoms with Gasteiger partial charge >= 0.3 is 5.97 Å². The Morgan fingerprint density at radius 1 is 1.20 bits per heavy atom. The Labute approximate surface area is 181 Å². The van der Waals surface area contributed by atoms with Crippen molar-refractivity contribution in [2.45, 2.75) is 59.0 Å². The van der Waals surface area contributed by atoms with Crippen LogP contribution >= 0.6 is 11.6 Å². The fraction of sp³-hybridized carbons (Fsp3) is 0.600. The van der Waals surface area contributed by atoms with Crippen LogP contribution < -0.4 is 9.80 Å². The van der Waals surface area contributed by atoms with Crippen LogP contribution in [0.1, 0.15) is 45.3 Å². The third-order valence-corrected chi connectivity index (χ3v) is 5.08. The quantitative estimate of drug-likeness (QED) is 0.610. The molecule has 1 aliphatic heterocycles. The summed E-state index contributed by atoms with van der Waals surface area (Å²) in [6.07, 6.45) is 3.47. The molecule has 2 aromatic rings. The smallest absolute Gasteiger partial charge is 0.305 e. The first-order chi connectivity index (χ1) is 14.4. The molecule has 0 N–H and O–H groups in total. The molecule has 3 heterocycles. The number of anilines is 2. The predicted octanol–water partition coefficient (Wildman–Crippen LogP) is 2.61. The summed E-state index contributed by atoms with van der Waals surface area (Å²) in [6.45, 7) is 9.83. The van der Waals surface area contributed by atoms with Crippen LogP contribution in [0.3, 0.4) is 0 Å². The maximum Gasteiger partial charge on any atom is 0.305 e. The van der Waals surface area contributed by atoms with E-state index in [1.165, 1.54) is 0 Å². The van der Waals surface area contributed by atoms with E-state index in [9.17, 15) is 4.79 Å². The van der Waals surface area contributed by atoms with Gasteiger partial charge in [-0.2, -0.15) is 9.97 Å². The van der Waals surface area contributed by atoms with Crippen molar-refractivity contribution in [2.24, 2.45) is 0 Å². The summed E-state index contributed by atoms with van der Waals surface area (Å²) in [4.78, 5) is 37.7. The van der Waals surface area contributed by atoms with Crippen molar-refractivity contribution in [1.29, 1.82) is 0 Å². The summed E-state index contributed by atoms with van der Waals surface area (Å²) in [5.41, 5.74) is 0. The van der Waals surface area contributed by atoms with Crippen LogP contribution in [0, 0.1) is 6.92 Å². The topological polar surface area (TPSA) is 97.2 Å². The molecular formula is C20H28ClN7O2. The highest BCUT2D eigenvalue weighted by atomic mass is 35.5. The van der Waals surface area contributed by atoms with Crippen LogP contribution in [-0.2, 0) is 16.0 Å². The molecule has 0 saturated carbocycles. The largest absolute Gasteiger partial charge is 0.465 e. The zero-order valence-electron chi connectivity index (χ0n) is 17.9. The standard InChI is InChI=1S/C20H28ClN7O2/c1-5-6-18(29)30-10-8-16-22-9-7-17(25-16)27-11-13(2)28(14(3)12-27)20-24-15(4)23-19(21)26-20/h7,9,13-14H,5-6,8,10-12H2,1-4H3/t13-,14+. The first-order valence-electron chi connectivity index (χ1n) is 10.3. The van der Waals surface area contributed by atoms with E-state index in [2.05, 4.69) is 48.6 Å². The number of carbonyl (C=O) groups is 1. The van der Waals surface area contributed by atoms with Gasteiger partial charge in [0.05, 0.1) is 6.61 Å². The Kier molecular flexibility index (Phi) is 7.36. The fourth-order valence-electron chi connectivity index (χ4n) is 3.67. The minimum Gasteiger partial charge on any atom is -0.465 e. The van der Waals surface area contributed by atoms with Crippen molar-refractivity contribution >= 4 is 29.3 Å². The highest BCUT2D eigenvalue weighted by Crippen LogP contribution is 2.25. The molecule has 0 spiro atoms. The lowest BCUT2D eigenvalue weighted by molar-refractivity contribution is -0.143. The number of hydrogen-bond donors (Lipinski definition) is 0. The molecule has 0 aromatic carbocycles. The molecule has 1 saturated heterocycles. The molecule has 1 fully saturated rings. The summed E-state index contributed by atoms with van der Waals surface area (Å²) in [6, 6.07) is 2.21. The molecule has 162 valence electrons. The molecule has 0 aliphatic carbocycles. The Morgan fingerprint density at radius 3 is 2.60 bits per heavy atom. The van der Waals surface area contributed by atoms with Crippen molar-refractivity contribution < 1.29 is 9.53 Å². The lowest BCUT2D eigenvalue weighted by Crippen LogP contribution is -2.58. The molecule has 2 atom stereocenters. The number of aryl methyl sites for hydroxylation is 1. The Balaban J connectivity index is 1.66. The van der Waals surface area contributed by atoms with Gasteiger partial charge in [-0.1, -0.05) is 6.92 Å². The molecule has 3 rings (SSSR count). The van der Waals surface area contributed by atoms with Gasteiger partial charge in [-0.3, -0.25) is 4.79 Å². The Hall–Kier alpha value is -2.55. The van der Waals surface area contributed by atoms with Crippen molar-refractivity contribution in [2.75, 3.05) is 29.5 Å². The van der Waals surface area contributed by atoms with Crippen LogP contribution in [0.25, 0.3) is 0 Å². The van der Waals surface area contributed by atoms with Gasteiger partial charge in [-0.15, -0.1) is 0 Å². The molecule has 2 aromatic heterocycles. The van der Waals surface area contributed by atoms with Crippen LogP contribution in [0.2, 0.25) is 5.28 Å². The molecule has 10 heteroatoms. The van der Waals surface area contributed by atoms with Gasteiger partial charge in [0.25, 0.3) is 0 Å². The second-order valence-electron chi connectivity index (χ2n) is 7.51. The fourth-order valence-corrected chi connectivity index (χ4v) is 3.87. The molecule has 0 bridgehead atoms. The third-order valence-electron chi connectivity index (χ3n) is 4.92. The number of esters is 1. The number of nitrogens with zero attached hydrogens (tertiary/aromatic N) is 7. The maximum absolute atomic E-state index is 11.5. The van der Waals surface area contributed by atoms with E-state index in [1.807, 2.05) is 19.9 Å². The number of aromatic nitrogens is 5. The molecule has 0 radical (unpaired) electrons. The van der Waals surface area contributed by atoms with Crippen molar-refractivity contribution in [3.05, 3.63) is 29.2 Å². The minimum absolute atomic E-state index is 0.153. The van der Waals surface area contributed by atoms with E-state index in [-0.39, 0.29) is 23.3 Å². The van der Waals surface area contributed by atoms with Crippen LogP contribution in [0.4, 0.5) is 11.8 Å². The van der Waals surface area contributed by atoms with Crippen LogP contribution in [-0.4, -0.2) is 62.7 Å². The molecular weight excluding hydrogens is 406 g/mol. The maximum atomic E-state index is 11.5. The first kappa shape index (κ1) is 22.1. The summed E-state index contributed by atoms with van der Waals surface area (Å²) < 4.78 is 5.22. The summed E-state index contributed by atoms with van der Waals surface area (Å²) >= 11 is 6.04. The average molecular weight is 434 g/mol. The zero-order valence-corrected chi connectivity index (χ0v) is 18.6. The molecule has 9 nitrogen and oxygen atoms in total. The van der Waals surface area contributed by atoms with Gasteiger partial charge in [-0.05, 0) is 44.9 Å². The number of hydrogen-bond acceptors (Lipinski definition) is 9. The molecule has 0 amide bonds. The minimum atomic E-state index is -0.180. The van der Waals surface area contributed by atoms with E-state index in [0.29, 0.717) is 37.0 Å². The number of halogens is 1. The Bertz CT molecular complexity index is 850. The van der Waals surface area contributed by atoms with Gasteiger partial charge in [0.1, 0.15) is 17.5 Å². The highest BCUT2D eigenvalue weighted by Gasteiger charge is 2.32. The van der Waals surface area contributed by atoms with Gasteiger partial charge in [-0.25, -0.2) is 15.0 Å². The number of rotatable bonds is 7. The van der Waals surface area contributed by atoms with E-state index in [0.717, 1.165) is 25.3 Å². The SMILES string of the molecule is CCCC(=O)OCCc1nccc(N2C[C@@H](C)N(c3nc(C)nc(Cl)n3)[C@@H](C)C2)n1. The predicted molar refractivity (Wildman–Crippen MR) is 115 cm³/mol. The monoisotopic (exact) mass is 433 g/mol. The van der Waals surface area contributed by atoms with Crippen LogP contribution in [0.15, 0.2) is 12.3 Å². The first-order valence-corrected chi connectivity index (χ1v) is 10.6. The lowest BCUT2D eigenvalue weighted by atomic mass is 10.1. The second kappa shape index (κ2) is 9.97. The molecule has 1 aliphatic rings. The number of ether oxygens (including phenoxy) is 1. The highest BCUT2D eigenvalue weighted by molar-refractivity contribution is 6.28. The summed E-state index contributed by atoms with van der Waals surface area (Å²) in [5, 5.41) is 0.208. The van der Waals surface area contributed by atoms with Crippen LogP contribution in [0.5, 0.6) is 0 Å². The second-order valence-corrected chi connectivity index (χ2v) is 7.85. The van der Waals surface area contributed by atoms with E-state index in [1.54, 1.807) is 6.20 Å². The van der Waals surface area contributed by atoms with Gasteiger partial charge in [0, 0.05) is 44.2 Å². The van der Waals surface area contributed by atoms with Crippen molar-refractivity contribution in [3.8, 4) is 0 Å². The van der Waals surface area contributed by atoms with Gasteiger partial charge in [0.15, 0.2) is 0 Å². The van der Waals surface area contributed by atoms with Crippen molar-refractivity contribution in [3.63, 3.8) is 0 Å². The van der Waals surface area contributed by atoms with Gasteiger partial charge in [0.2, 0.25) is 11.2 Å². The lowest BCUT2D eigenvalue weighted by Gasteiger charge is -2.44. The van der Waals surface area contributed by atoms with E-state index >= 15 is 0 Å². The van der Waals surface area contributed by atoms with Gasteiger partial charge < -0.3 is 14.5 Å². The number of piperazine rings is 1. The van der Waals surface area contributed by atoms with E-state index in [4.69, 9.17) is 16.3 Å². The average Bonchev–Trinajstić information content (AvgIpc) is 2.67. The third kappa shape index (κ3) is 5.53. The van der Waals surface area contributed by atoms with E-state index < -0.39 is 0 Å². The van der Waals surface area contributed by atoms with Crippen molar-refractivity contribution in [1.82, 2.24) is 24.9 Å². The molecule has 30 heavy (non-hydrogen) atoms. The zero-order chi connectivity index (χ0) is 21.7. The Morgan fingerprint density at radius 2 is 1.93 bits per heavy atom. The summed E-state index contributed by atoms with van der Waals surface area (Å²) in [5.74, 6) is 2.56. The normalized spacial score (nSPS) is 19.1. The summed E-state index contributed by atoms with van der Waals surface area (Å²) in [7, 11) is 0.